The summed E-state index contributed by atoms with van der Waals surface area (Å²) >= 11 is 1.50. The number of likely N-dealkylation sites (N-methyl/N-ethyl adjacent to an activating group) is 2. The second kappa shape index (κ2) is 18.1. The average Bonchev–Trinajstić information content (AvgIpc) is 2.99. The Morgan fingerprint density at radius 2 is 1.56 bits per heavy atom. The van der Waals surface area contributed by atoms with Gasteiger partial charge in [-0.1, -0.05) is 42.5 Å². The second-order valence-electron chi connectivity index (χ2n) is 10.5. The van der Waals surface area contributed by atoms with Crippen molar-refractivity contribution >= 4 is 35.4 Å². The summed E-state index contributed by atoms with van der Waals surface area (Å²) in [6.45, 7) is -0.125. The average molecular weight is 616 g/mol. The molecule has 2 aromatic rings. The van der Waals surface area contributed by atoms with Crippen LogP contribution in [-0.4, -0.2) is 115 Å². The lowest BCUT2D eigenvalue weighted by Gasteiger charge is -2.36. The number of hydrogen-bond acceptors (Lipinski definition) is 9. The van der Waals surface area contributed by atoms with E-state index in [1.54, 1.807) is 55.4 Å². The lowest BCUT2D eigenvalue weighted by atomic mass is 10.0. The molecule has 2 aromatic carbocycles. The van der Waals surface area contributed by atoms with Crippen LogP contribution >= 0.6 is 11.8 Å². The van der Waals surface area contributed by atoms with Crippen LogP contribution in [0.1, 0.15) is 17.5 Å². The number of amides is 4. The van der Waals surface area contributed by atoms with E-state index < -0.39 is 48.3 Å². The van der Waals surface area contributed by atoms with Gasteiger partial charge in [0.05, 0.1) is 12.6 Å². The zero-order valence-corrected chi connectivity index (χ0v) is 26.0. The van der Waals surface area contributed by atoms with Gasteiger partial charge in [-0.25, -0.2) is 0 Å². The smallest absolute Gasteiger partial charge is 0.243 e. The molecule has 0 unspecified atom stereocenters. The number of carbonyl (C=O) groups is 4. The van der Waals surface area contributed by atoms with E-state index in [0.29, 0.717) is 23.8 Å². The maximum absolute atomic E-state index is 13.2. The van der Waals surface area contributed by atoms with Gasteiger partial charge in [-0.2, -0.15) is 11.8 Å². The summed E-state index contributed by atoms with van der Waals surface area (Å²) in [6.07, 6.45) is 2.50. The number of nitrogens with zero attached hydrogens (tertiary/aromatic N) is 3. The predicted octanol–water partition coefficient (Wildman–Crippen LogP) is 0.574. The van der Waals surface area contributed by atoms with Crippen LogP contribution in [0.15, 0.2) is 54.6 Å². The summed E-state index contributed by atoms with van der Waals surface area (Å²) in [5.41, 5.74) is 7.60. The van der Waals surface area contributed by atoms with Crippen molar-refractivity contribution in [3.05, 3.63) is 70.9 Å². The number of phenols is 1. The van der Waals surface area contributed by atoms with Crippen LogP contribution in [0.5, 0.6) is 5.75 Å². The molecule has 0 spiro atoms. The maximum atomic E-state index is 13.2. The van der Waals surface area contributed by atoms with Crippen molar-refractivity contribution in [1.82, 2.24) is 25.5 Å². The highest BCUT2D eigenvalue weighted by Gasteiger charge is 2.29. The molecule has 12 nitrogen and oxygen atoms in total. The monoisotopic (exact) mass is 615 g/mol. The largest absolute Gasteiger partial charge is 0.756 e. The van der Waals surface area contributed by atoms with E-state index in [0.717, 1.165) is 11.1 Å². The summed E-state index contributed by atoms with van der Waals surface area (Å²) in [4.78, 5) is 55.2. The van der Waals surface area contributed by atoms with Crippen LogP contribution in [-0.2, 0) is 32.0 Å². The van der Waals surface area contributed by atoms with Gasteiger partial charge in [0, 0.05) is 26.6 Å². The predicted molar refractivity (Wildman–Crippen MR) is 168 cm³/mol. The van der Waals surface area contributed by atoms with E-state index in [-0.39, 0.29) is 25.1 Å². The van der Waals surface area contributed by atoms with E-state index >= 15 is 0 Å². The third kappa shape index (κ3) is 12.2. The van der Waals surface area contributed by atoms with Crippen LogP contribution in [0.25, 0.3) is 0 Å². The van der Waals surface area contributed by atoms with Crippen molar-refractivity contribution in [2.75, 3.05) is 52.8 Å². The number of carbonyl (C=O) groups excluding carboxylic acids is 4. The molecular formula is C30H43N6O6S-. The van der Waals surface area contributed by atoms with E-state index in [4.69, 9.17) is 5.73 Å². The summed E-state index contributed by atoms with van der Waals surface area (Å²) in [5, 5.41) is 27.7. The summed E-state index contributed by atoms with van der Waals surface area (Å²) in [5.74, 6) is -1.74. The molecule has 0 heterocycles. The highest BCUT2D eigenvalue weighted by molar-refractivity contribution is 7.98. The third-order valence-electron chi connectivity index (χ3n) is 6.80. The molecule has 0 saturated heterocycles. The van der Waals surface area contributed by atoms with Gasteiger partial charge in [-0.15, -0.1) is 0 Å². The fourth-order valence-electron chi connectivity index (χ4n) is 4.14. The lowest BCUT2D eigenvalue weighted by molar-refractivity contribution is -0.143. The van der Waals surface area contributed by atoms with Gasteiger partial charge < -0.3 is 41.5 Å². The van der Waals surface area contributed by atoms with Crippen molar-refractivity contribution in [2.45, 2.75) is 37.4 Å². The lowest BCUT2D eigenvalue weighted by Crippen LogP contribution is -2.55. The van der Waals surface area contributed by atoms with Crippen molar-refractivity contribution < 1.29 is 24.3 Å². The summed E-state index contributed by atoms with van der Waals surface area (Å²) in [6, 6.07) is 12.4. The molecule has 236 valence electrons. The molecule has 0 radical (unpaired) electrons. The number of phenolic OH excluding ortho intramolecular Hbond substituents is 1. The minimum absolute atomic E-state index is 0.0540. The SMILES string of the molecule is CSCC[C@@H](NC(=O)[C@@H](N)Cc1ccc(O)cc1)C(=O)NCC(=O)N(C)[C@@H](Cc1ccccc1)C(=O)N([O-])CCN(C)C. The first kappa shape index (κ1) is 35.5. The molecular weight excluding hydrogens is 572 g/mol. The van der Waals surface area contributed by atoms with E-state index in [1.807, 2.05) is 12.3 Å². The number of hydrogen-bond donors (Lipinski definition) is 4. The number of thioether (sulfide) groups is 1. The van der Waals surface area contributed by atoms with Crippen molar-refractivity contribution in [1.29, 1.82) is 0 Å². The highest BCUT2D eigenvalue weighted by Crippen LogP contribution is 2.13. The molecule has 0 aliphatic rings. The van der Waals surface area contributed by atoms with Gasteiger partial charge in [-0.05, 0) is 62.2 Å². The molecule has 0 saturated carbocycles. The molecule has 3 atom stereocenters. The highest BCUT2D eigenvalue weighted by atomic mass is 32.2. The molecule has 0 bridgehead atoms. The van der Waals surface area contributed by atoms with Crippen LogP contribution < -0.4 is 16.4 Å². The van der Waals surface area contributed by atoms with Crippen LogP contribution in [0.3, 0.4) is 0 Å². The van der Waals surface area contributed by atoms with Gasteiger partial charge in [0.1, 0.15) is 17.8 Å². The Bertz CT molecular complexity index is 1180. The normalized spacial score (nSPS) is 13.1. The fourth-order valence-corrected chi connectivity index (χ4v) is 4.61. The number of aromatic hydroxyl groups is 1. The number of hydroxylamine groups is 2. The minimum Gasteiger partial charge on any atom is -0.756 e. The quantitative estimate of drug-likeness (QED) is 0.186. The standard InChI is InChI=1S/C30H43N6O6S/c1-34(2)15-16-36(42)30(41)26(19-21-8-6-5-7-9-21)35(3)27(38)20-32-29(40)25(14-17-43-4)33-28(39)24(31)18-22-10-12-23(37)13-11-22/h5-13,24-26,37H,14-20,31H2,1-4H3,(H,32,40)(H,33,39)/q-1/t24-,25+,26-/m0/s1. The van der Waals surface area contributed by atoms with Crippen molar-refractivity contribution in [3.8, 4) is 5.75 Å². The van der Waals surface area contributed by atoms with E-state index in [1.165, 1.54) is 35.8 Å². The molecule has 43 heavy (non-hydrogen) atoms. The molecule has 0 aromatic heterocycles. The molecule has 0 aliphatic heterocycles. The first-order chi connectivity index (χ1) is 20.4. The second-order valence-corrected chi connectivity index (χ2v) is 11.5. The van der Waals surface area contributed by atoms with Crippen molar-refractivity contribution in [2.24, 2.45) is 5.73 Å². The van der Waals surface area contributed by atoms with Gasteiger partial charge in [0.2, 0.25) is 23.6 Å². The Morgan fingerprint density at radius 3 is 2.16 bits per heavy atom. The molecule has 0 fully saturated rings. The van der Waals surface area contributed by atoms with Gasteiger partial charge in [0.15, 0.2) is 0 Å². The Kier molecular flexibility index (Phi) is 15.0. The Balaban J connectivity index is 2.06. The molecule has 5 N–H and O–H groups in total. The van der Waals surface area contributed by atoms with Crippen LogP contribution in [0.4, 0.5) is 0 Å². The zero-order valence-electron chi connectivity index (χ0n) is 25.2. The van der Waals surface area contributed by atoms with Gasteiger partial charge >= 0.3 is 0 Å². The van der Waals surface area contributed by atoms with Gasteiger partial charge in [-0.3, -0.25) is 19.2 Å². The number of rotatable bonds is 17. The van der Waals surface area contributed by atoms with Crippen molar-refractivity contribution in [3.63, 3.8) is 0 Å². The first-order valence-electron chi connectivity index (χ1n) is 14.0. The zero-order chi connectivity index (χ0) is 31.9. The number of benzene rings is 2. The van der Waals surface area contributed by atoms with Crippen LogP contribution in [0, 0.1) is 5.21 Å². The third-order valence-corrected chi connectivity index (χ3v) is 7.44. The Morgan fingerprint density at radius 1 is 0.930 bits per heavy atom. The van der Waals surface area contributed by atoms with E-state index in [9.17, 15) is 29.5 Å². The number of nitrogens with two attached hydrogens (primary N) is 1. The van der Waals surface area contributed by atoms with E-state index in [2.05, 4.69) is 10.6 Å². The fraction of sp³-hybridized carbons (Fsp3) is 0.467. The Hall–Kier alpha value is -3.65. The molecule has 13 heteroatoms. The summed E-state index contributed by atoms with van der Waals surface area (Å²) in [7, 11) is 5.00. The Labute approximate surface area is 257 Å². The van der Waals surface area contributed by atoms with Gasteiger partial charge in [0.25, 0.3) is 0 Å². The molecule has 4 amide bonds. The first-order valence-corrected chi connectivity index (χ1v) is 15.4. The molecule has 2 rings (SSSR count). The summed E-state index contributed by atoms with van der Waals surface area (Å²) < 4.78 is 0. The topological polar surface area (TPSA) is 171 Å². The number of nitrogens with one attached hydrogen (secondary N) is 2. The minimum atomic E-state index is -1.07. The maximum Gasteiger partial charge on any atom is 0.243 e. The molecule has 0 aliphatic carbocycles. The van der Waals surface area contributed by atoms with Crippen LogP contribution in [0.2, 0.25) is 0 Å².